The van der Waals surface area contributed by atoms with Gasteiger partial charge in [0.05, 0.1) is 23.3 Å². The Hall–Kier alpha value is -4.98. The summed E-state index contributed by atoms with van der Waals surface area (Å²) >= 11 is 0. The van der Waals surface area contributed by atoms with Gasteiger partial charge >= 0.3 is 0 Å². The Kier molecular flexibility index (Phi) is 5.38. The van der Waals surface area contributed by atoms with E-state index in [0.717, 1.165) is 56.3 Å². The minimum atomic E-state index is -0.108. The van der Waals surface area contributed by atoms with E-state index >= 15 is 0 Å². The van der Waals surface area contributed by atoms with E-state index in [4.69, 9.17) is 0 Å². The Morgan fingerprint density at radius 3 is 2.58 bits per heavy atom. The molecule has 0 unspecified atom stereocenters. The number of carbonyl (C=O) groups is 1. The van der Waals surface area contributed by atoms with Gasteiger partial charge < -0.3 is 10.3 Å². The second-order valence-electron chi connectivity index (χ2n) is 8.65. The van der Waals surface area contributed by atoms with Crippen LogP contribution in [0, 0.1) is 6.92 Å². The highest BCUT2D eigenvalue weighted by Gasteiger charge is 2.12. The Bertz CT molecular complexity index is 1660. The summed E-state index contributed by atoms with van der Waals surface area (Å²) < 4.78 is 1.93. The molecule has 2 aromatic carbocycles. The number of H-pyrrole nitrogens is 2. The van der Waals surface area contributed by atoms with Crippen molar-refractivity contribution in [1.29, 1.82) is 0 Å². The predicted octanol–water partition coefficient (Wildman–Crippen LogP) is 5.30. The zero-order valence-electron chi connectivity index (χ0n) is 19.6. The van der Waals surface area contributed by atoms with Crippen LogP contribution < -0.4 is 5.32 Å². The average molecular weight is 474 g/mol. The molecule has 0 aliphatic heterocycles. The summed E-state index contributed by atoms with van der Waals surface area (Å²) in [6.45, 7) is 1.95. The maximum Gasteiger partial charge on any atom is 0.230 e. The number of carbonyl (C=O) groups excluding carboxylic acids is 1. The van der Waals surface area contributed by atoms with Crippen LogP contribution in [0.4, 0.5) is 5.69 Å². The van der Waals surface area contributed by atoms with Gasteiger partial charge in [-0.1, -0.05) is 42.5 Å². The van der Waals surface area contributed by atoms with E-state index in [1.54, 1.807) is 12.5 Å². The molecule has 0 spiro atoms. The highest BCUT2D eigenvalue weighted by Crippen LogP contribution is 2.28. The summed E-state index contributed by atoms with van der Waals surface area (Å²) in [6, 6.07) is 23.6. The van der Waals surface area contributed by atoms with E-state index in [9.17, 15) is 4.79 Å². The fourth-order valence-electron chi connectivity index (χ4n) is 4.26. The molecule has 0 aliphatic carbocycles. The molecule has 176 valence electrons. The lowest BCUT2D eigenvalue weighted by atomic mass is 10.1. The lowest BCUT2D eigenvalue weighted by molar-refractivity contribution is -0.115. The van der Waals surface area contributed by atoms with Crippen molar-refractivity contribution in [2.75, 3.05) is 5.32 Å². The minimum Gasteiger partial charge on any atom is -0.354 e. The van der Waals surface area contributed by atoms with E-state index in [1.807, 2.05) is 84.4 Å². The summed E-state index contributed by atoms with van der Waals surface area (Å²) in [4.78, 5) is 24.9. The third kappa shape index (κ3) is 4.27. The molecule has 0 fully saturated rings. The van der Waals surface area contributed by atoms with Crippen LogP contribution >= 0.6 is 0 Å². The number of imidazole rings is 1. The monoisotopic (exact) mass is 473 g/mol. The minimum absolute atomic E-state index is 0.108. The average Bonchev–Trinajstić information content (AvgIpc) is 3.64. The van der Waals surface area contributed by atoms with E-state index < -0.39 is 0 Å². The predicted molar refractivity (Wildman–Crippen MR) is 140 cm³/mol. The summed E-state index contributed by atoms with van der Waals surface area (Å²) in [7, 11) is 0. The normalized spacial score (nSPS) is 11.1. The number of amides is 1. The standard InChI is InChI=1S/C28H23N7O/c1-18-16-35(17-30-18)28-23-15-25(32-24(23)11-12-29-28)20-7-9-21(10-8-20)31-27(36)14-22-13-26(34-33-22)19-5-3-2-4-6-19/h2-13,15-17,32H,14H2,1H3,(H,31,36)(H,33,34). The van der Waals surface area contributed by atoms with Crippen LogP contribution in [0.3, 0.4) is 0 Å². The molecule has 0 atom stereocenters. The van der Waals surface area contributed by atoms with Crippen molar-refractivity contribution in [3.8, 4) is 28.3 Å². The maximum atomic E-state index is 12.6. The fraction of sp³-hybridized carbons (Fsp3) is 0.0714. The highest BCUT2D eigenvalue weighted by molar-refractivity contribution is 5.93. The van der Waals surface area contributed by atoms with Gasteiger partial charge in [-0.25, -0.2) is 9.97 Å². The van der Waals surface area contributed by atoms with Crippen LogP contribution in [0.2, 0.25) is 0 Å². The van der Waals surface area contributed by atoms with Crippen LogP contribution in [0.5, 0.6) is 0 Å². The first-order chi connectivity index (χ1) is 17.6. The van der Waals surface area contributed by atoms with Gasteiger partial charge in [-0.2, -0.15) is 5.10 Å². The smallest absolute Gasteiger partial charge is 0.230 e. The van der Waals surface area contributed by atoms with E-state index in [-0.39, 0.29) is 12.3 Å². The number of pyridine rings is 1. The molecule has 8 heteroatoms. The molecule has 0 saturated carbocycles. The van der Waals surface area contributed by atoms with Crippen LogP contribution in [0.15, 0.2) is 91.5 Å². The first-order valence-electron chi connectivity index (χ1n) is 11.6. The van der Waals surface area contributed by atoms with Gasteiger partial charge in [-0.3, -0.25) is 14.5 Å². The molecule has 0 radical (unpaired) electrons. The molecule has 0 bridgehead atoms. The van der Waals surface area contributed by atoms with Crippen molar-refractivity contribution >= 4 is 22.5 Å². The van der Waals surface area contributed by atoms with Gasteiger partial charge in [0.25, 0.3) is 0 Å². The van der Waals surface area contributed by atoms with Gasteiger partial charge in [-0.05, 0) is 42.8 Å². The number of aromatic amines is 2. The lowest BCUT2D eigenvalue weighted by Gasteiger charge is -2.05. The molecule has 6 aromatic rings. The van der Waals surface area contributed by atoms with Gasteiger partial charge in [0, 0.05) is 40.4 Å². The first kappa shape index (κ1) is 21.5. The molecular formula is C28H23N7O. The van der Waals surface area contributed by atoms with Crippen molar-refractivity contribution in [3.05, 3.63) is 103 Å². The second-order valence-corrected chi connectivity index (χ2v) is 8.65. The molecule has 4 aromatic heterocycles. The Morgan fingerprint density at radius 2 is 1.81 bits per heavy atom. The van der Waals surface area contributed by atoms with Crippen molar-refractivity contribution in [2.24, 2.45) is 0 Å². The largest absolute Gasteiger partial charge is 0.354 e. The number of nitrogens with zero attached hydrogens (tertiary/aromatic N) is 4. The molecule has 3 N–H and O–H groups in total. The number of hydrogen-bond donors (Lipinski definition) is 3. The fourth-order valence-corrected chi connectivity index (χ4v) is 4.26. The summed E-state index contributed by atoms with van der Waals surface area (Å²) in [5, 5.41) is 11.2. The maximum absolute atomic E-state index is 12.6. The van der Waals surface area contributed by atoms with Gasteiger partial charge in [0.15, 0.2) is 0 Å². The summed E-state index contributed by atoms with van der Waals surface area (Å²) in [5.41, 5.74) is 7.24. The van der Waals surface area contributed by atoms with E-state index in [0.29, 0.717) is 0 Å². The Balaban J connectivity index is 1.16. The third-order valence-electron chi connectivity index (χ3n) is 6.01. The van der Waals surface area contributed by atoms with Crippen molar-refractivity contribution in [1.82, 2.24) is 29.7 Å². The zero-order chi connectivity index (χ0) is 24.5. The van der Waals surface area contributed by atoms with E-state index in [1.165, 1.54) is 0 Å². The molecule has 6 rings (SSSR count). The second kappa shape index (κ2) is 8.99. The quantitative estimate of drug-likeness (QED) is 0.305. The molecular weight excluding hydrogens is 450 g/mol. The first-order valence-corrected chi connectivity index (χ1v) is 11.6. The van der Waals surface area contributed by atoms with Crippen LogP contribution in [0.1, 0.15) is 11.4 Å². The number of rotatable bonds is 6. The number of benzene rings is 2. The number of anilines is 1. The third-order valence-corrected chi connectivity index (χ3v) is 6.01. The number of aryl methyl sites for hydroxylation is 1. The summed E-state index contributed by atoms with van der Waals surface area (Å²) in [6.07, 6.45) is 5.73. The Labute approximate surface area is 207 Å². The van der Waals surface area contributed by atoms with Gasteiger partial charge in [0.2, 0.25) is 5.91 Å². The molecule has 4 heterocycles. The number of nitrogens with one attached hydrogen (secondary N) is 3. The van der Waals surface area contributed by atoms with Gasteiger partial charge in [0.1, 0.15) is 12.1 Å². The molecule has 1 amide bonds. The highest BCUT2D eigenvalue weighted by atomic mass is 16.1. The Morgan fingerprint density at radius 1 is 0.972 bits per heavy atom. The molecule has 0 saturated heterocycles. The van der Waals surface area contributed by atoms with Crippen LogP contribution in [0.25, 0.3) is 39.2 Å². The molecule has 8 nitrogen and oxygen atoms in total. The number of aromatic nitrogens is 6. The van der Waals surface area contributed by atoms with Crippen LogP contribution in [-0.2, 0) is 11.2 Å². The summed E-state index contributed by atoms with van der Waals surface area (Å²) in [5.74, 6) is 0.719. The molecule has 36 heavy (non-hydrogen) atoms. The number of fused-ring (bicyclic) bond motifs is 1. The van der Waals surface area contributed by atoms with Crippen molar-refractivity contribution < 1.29 is 4.79 Å². The SMILES string of the molecule is Cc1cn(-c2nccc3[nH]c(-c4ccc(NC(=O)Cc5cc(-c6ccccc6)n[nH]5)cc4)cc23)cn1. The number of hydrogen-bond acceptors (Lipinski definition) is 4. The van der Waals surface area contributed by atoms with Crippen molar-refractivity contribution in [2.45, 2.75) is 13.3 Å². The van der Waals surface area contributed by atoms with Gasteiger partial charge in [-0.15, -0.1) is 0 Å². The molecule has 0 aliphatic rings. The van der Waals surface area contributed by atoms with Crippen molar-refractivity contribution in [3.63, 3.8) is 0 Å². The zero-order valence-corrected chi connectivity index (χ0v) is 19.6. The van der Waals surface area contributed by atoms with E-state index in [2.05, 4.69) is 36.5 Å². The van der Waals surface area contributed by atoms with Crippen LogP contribution in [-0.4, -0.2) is 35.6 Å². The lowest BCUT2D eigenvalue weighted by Crippen LogP contribution is -2.14. The topological polar surface area (TPSA) is 104 Å².